The van der Waals surface area contributed by atoms with E-state index in [1.165, 1.54) is 0 Å². The summed E-state index contributed by atoms with van der Waals surface area (Å²) in [6.07, 6.45) is -0.592. The number of ketones is 1. The Morgan fingerprint density at radius 1 is 0.862 bits per heavy atom. The summed E-state index contributed by atoms with van der Waals surface area (Å²) in [4.78, 5) is 23.3. The average Bonchev–Trinajstić information content (AvgIpc) is 2.72. The van der Waals surface area contributed by atoms with Gasteiger partial charge in [0.25, 0.3) is 0 Å². The summed E-state index contributed by atoms with van der Waals surface area (Å²) in [5.41, 5.74) is 3.36. The number of rotatable bonds is 9. The van der Waals surface area contributed by atoms with Gasteiger partial charge in [-0.05, 0) is 35.7 Å². The summed E-state index contributed by atoms with van der Waals surface area (Å²) in [7, 11) is 0. The van der Waals surface area contributed by atoms with E-state index in [1.54, 1.807) is 18.2 Å². The van der Waals surface area contributed by atoms with Crippen LogP contribution in [-0.2, 0) is 18.0 Å². The van der Waals surface area contributed by atoms with Crippen molar-refractivity contribution in [1.29, 1.82) is 0 Å². The zero-order valence-corrected chi connectivity index (χ0v) is 16.1. The van der Waals surface area contributed by atoms with Gasteiger partial charge in [0, 0.05) is 6.07 Å². The lowest BCUT2D eigenvalue weighted by atomic mass is 10.1. The average molecular weight is 390 g/mol. The van der Waals surface area contributed by atoms with Gasteiger partial charge in [-0.1, -0.05) is 54.6 Å². The van der Waals surface area contributed by atoms with Crippen molar-refractivity contribution in [1.82, 2.24) is 0 Å². The van der Waals surface area contributed by atoms with Crippen molar-refractivity contribution >= 4 is 11.8 Å². The third-order valence-corrected chi connectivity index (χ3v) is 4.46. The predicted molar refractivity (Wildman–Crippen MR) is 109 cm³/mol. The lowest BCUT2D eigenvalue weighted by molar-refractivity contribution is -0.135. The van der Waals surface area contributed by atoms with Crippen molar-refractivity contribution in [2.45, 2.75) is 26.6 Å². The molecule has 0 unspecified atom stereocenters. The first-order valence-electron chi connectivity index (χ1n) is 9.26. The standard InChI is InChI=1S/C24H22O5/c1-17-7-5-6-10-19(17)16-28-20-11-12-21(22(25)14-24(26)27)23(13-20)29-15-18-8-3-2-4-9-18/h2-13H,14-16H2,1H3,(H,26,27). The molecule has 3 rings (SSSR count). The van der Waals surface area contributed by atoms with Gasteiger partial charge in [0.1, 0.15) is 31.1 Å². The summed E-state index contributed by atoms with van der Waals surface area (Å²) < 4.78 is 11.7. The molecule has 0 saturated heterocycles. The van der Waals surface area contributed by atoms with Gasteiger partial charge in [-0.3, -0.25) is 9.59 Å². The number of carboxylic acid groups (broad SMARTS) is 1. The Balaban J connectivity index is 1.80. The van der Waals surface area contributed by atoms with Gasteiger partial charge in [-0.15, -0.1) is 0 Å². The fourth-order valence-electron chi connectivity index (χ4n) is 2.84. The molecule has 0 radical (unpaired) electrons. The molecule has 0 atom stereocenters. The van der Waals surface area contributed by atoms with E-state index in [9.17, 15) is 9.59 Å². The topological polar surface area (TPSA) is 72.8 Å². The quantitative estimate of drug-likeness (QED) is 0.419. The summed E-state index contributed by atoms with van der Waals surface area (Å²) in [6.45, 7) is 2.66. The highest BCUT2D eigenvalue weighted by molar-refractivity contribution is 6.07. The van der Waals surface area contributed by atoms with Gasteiger partial charge in [0.15, 0.2) is 5.78 Å². The van der Waals surface area contributed by atoms with Crippen molar-refractivity contribution in [3.05, 3.63) is 95.1 Å². The second kappa shape index (κ2) is 9.55. The van der Waals surface area contributed by atoms with E-state index in [1.807, 2.05) is 61.5 Å². The van der Waals surface area contributed by atoms with Crippen molar-refractivity contribution < 1.29 is 24.2 Å². The molecule has 5 nitrogen and oxygen atoms in total. The molecule has 29 heavy (non-hydrogen) atoms. The number of carboxylic acids is 1. The lowest BCUT2D eigenvalue weighted by Crippen LogP contribution is -2.10. The smallest absolute Gasteiger partial charge is 0.311 e. The molecular weight excluding hydrogens is 368 g/mol. The number of carbonyl (C=O) groups excluding carboxylic acids is 1. The first-order valence-corrected chi connectivity index (χ1v) is 9.26. The fourth-order valence-corrected chi connectivity index (χ4v) is 2.84. The zero-order chi connectivity index (χ0) is 20.6. The number of aryl methyl sites for hydroxylation is 1. The van der Waals surface area contributed by atoms with Crippen LogP contribution in [0.3, 0.4) is 0 Å². The summed E-state index contributed by atoms with van der Waals surface area (Å²) in [6, 6.07) is 22.3. The predicted octanol–water partition coefficient (Wildman–Crippen LogP) is 4.81. The number of Topliss-reactive ketones (excluding diaryl/α,β-unsaturated/α-hetero) is 1. The van der Waals surface area contributed by atoms with Gasteiger partial charge in [0.05, 0.1) is 5.56 Å². The van der Waals surface area contributed by atoms with E-state index in [0.29, 0.717) is 18.1 Å². The number of hydrogen-bond donors (Lipinski definition) is 1. The van der Waals surface area contributed by atoms with Crippen molar-refractivity contribution in [3.8, 4) is 11.5 Å². The monoisotopic (exact) mass is 390 g/mol. The van der Waals surface area contributed by atoms with Crippen LogP contribution in [0.25, 0.3) is 0 Å². The molecule has 0 fully saturated rings. The molecule has 0 bridgehead atoms. The third-order valence-electron chi connectivity index (χ3n) is 4.46. The van der Waals surface area contributed by atoms with Crippen LogP contribution in [0.15, 0.2) is 72.8 Å². The van der Waals surface area contributed by atoms with E-state index >= 15 is 0 Å². The minimum atomic E-state index is -1.18. The lowest BCUT2D eigenvalue weighted by Gasteiger charge is -2.14. The normalized spacial score (nSPS) is 10.4. The van der Waals surface area contributed by atoms with Crippen molar-refractivity contribution in [2.75, 3.05) is 0 Å². The number of carbonyl (C=O) groups is 2. The summed E-state index contributed by atoms with van der Waals surface area (Å²) in [5.74, 6) is -0.833. The highest BCUT2D eigenvalue weighted by Gasteiger charge is 2.17. The second-order valence-electron chi connectivity index (χ2n) is 6.64. The Morgan fingerprint density at radius 3 is 2.31 bits per heavy atom. The van der Waals surface area contributed by atoms with Crippen molar-refractivity contribution in [2.24, 2.45) is 0 Å². The molecule has 148 valence electrons. The van der Waals surface area contributed by atoms with Crippen molar-refractivity contribution in [3.63, 3.8) is 0 Å². The molecule has 0 heterocycles. The van der Waals surface area contributed by atoms with E-state index in [4.69, 9.17) is 14.6 Å². The van der Waals surface area contributed by atoms with Gasteiger partial charge < -0.3 is 14.6 Å². The number of benzene rings is 3. The SMILES string of the molecule is Cc1ccccc1COc1ccc(C(=O)CC(=O)O)c(OCc2ccccc2)c1. The van der Waals surface area contributed by atoms with Crippen LogP contribution in [0.4, 0.5) is 0 Å². The summed E-state index contributed by atoms with van der Waals surface area (Å²) >= 11 is 0. The Bertz CT molecular complexity index is 995. The van der Waals surface area contributed by atoms with Gasteiger partial charge in [-0.2, -0.15) is 0 Å². The number of hydrogen-bond acceptors (Lipinski definition) is 4. The third kappa shape index (κ3) is 5.69. The Labute approximate surface area is 169 Å². The van der Waals surface area contributed by atoms with Gasteiger partial charge in [0.2, 0.25) is 0 Å². The minimum Gasteiger partial charge on any atom is -0.489 e. The number of aliphatic carboxylic acids is 1. The molecule has 0 aromatic heterocycles. The van der Waals surface area contributed by atoms with Crippen LogP contribution in [0.1, 0.15) is 33.5 Å². The Kier molecular flexibility index (Phi) is 6.63. The van der Waals surface area contributed by atoms with Crippen LogP contribution in [0, 0.1) is 6.92 Å². The fraction of sp³-hybridized carbons (Fsp3) is 0.167. The van der Waals surface area contributed by atoms with E-state index in [0.717, 1.165) is 16.7 Å². The van der Waals surface area contributed by atoms with Gasteiger partial charge in [-0.25, -0.2) is 0 Å². The maximum atomic E-state index is 12.3. The molecule has 1 N–H and O–H groups in total. The first kappa shape index (κ1) is 20.1. The minimum absolute atomic E-state index is 0.228. The Hall–Kier alpha value is -3.60. The van der Waals surface area contributed by atoms with Gasteiger partial charge >= 0.3 is 5.97 Å². The second-order valence-corrected chi connectivity index (χ2v) is 6.64. The van der Waals surface area contributed by atoms with Crippen LogP contribution >= 0.6 is 0 Å². The molecule has 3 aromatic carbocycles. The molecular formula is C24H22O5. The molecule has 0 spiro atoms. The maximum absolute atomic E-state index is 12.3. The molecule has 5 heteroatoms. The first-order chi connectivity index (χ1) is 14.0. The van der Waals surface area contributed by atoms with Crippen LogP contribution < -0.4 is 9.47 Å². The largest absolute Gasteiger partial charge is 0.489 e. The summed E-state index contributed by atoms with van der Waals surface area (Å²) in [5, 5.41) is 8.95. The molecule has 0 aliphatic heterocycles. The van der Waals surface area contributed by atoms with Crippen LogP contribution in [-0.4, -0.2) is 16.9 Å². The molecule has 0 aliphatic rings. The molecule has 0 saturated carbocycles. The van der Waals surface area contributed by atoms with E-state index < -0.39 is 18.2 Å². The van der Waals surface area contributed by atoms with Crippen LogP contribution in [0.2, 0.25) is 0 Å². The molecule has 3 aromatic rings. The Morgan fingerprint density at radius 2 is 1.59 bits per heavy atom. The maximum Gasteiger partial charge on any atom is 0.311 e. The molecule has 0 aliphatic carbocycles. The van der Waals surface area contributed by atoms with E-state index in [2.05, 4.69) is 0 Å². The highest BCUT2D eigenvalue weighted by Crippen LogP contribution is 2.28. The van der Waals surface area contributed by atoms with Crippen LogP contribution in [0.5, 0.6) is 11.5 Å². The zero-order valence-electron chi connectivity index (χ0n) is 16.1. The number of ether oxygens (including phenoxy) is 2. The van der Waals surface area contributed by atoms with E-state index in [-0.39, 0.29) is 12.2 Å². The molecule has 0 amide bonds. The highest BCUT2D eigenvalue weighted by atomic mass is 16.5.